The maximum Gasteiger partial charge on any atom is 0.526 e. The normalized spacial score (nSPS) is 24.6. The maximum absolute atomic E-state index is 12.1. The third kappa shape index (κ3) is 3.85. The number of rotatable bonds is 8. The molecule has 2 aliphatic heterocycles. The lowest BCUT2D eigenvalue weighted by Gasteiger charge is -2.42. The number of nitrogens with one attached hydrogen (secondary N) is 1. The van der Waals surface area contributed by atoms with E-state index in [1.165, 1.54) is 0 Å². The number of hydrogen-bond acceptors (Lipinski definition) is 8. The van der Waals surface area contributed by atoms with Gasteiger partial charge in [0.15, 0.2) is 0 Å². The molecule has 1 aliphatic carbocycles. The standard InChI is InChI=1S/C19H26BN3O7/c1-19(21,18(27)22-4-5-24)9-23-7-10(8-23)29-14-3-2-11-12-6-13(12)20(28)30-16(11)15(14)17(25)26/h2-3,10,12-13,24,28H,4-9,21H2,1H3,(H,22,27)(H,25,26)/t12-,13-,19-/m1/s1. The van der Waals surface area contributed by atoms with Gasteiger partial charge in [0.2, 0.25) is 5.91 Å². The number of amides is 1. The first kappa shape index (κ1) is 20.9. The molecule has 1 saturated heterocycles. The number of aliphatic hydroxyl groups is 1. The van der Waals surface area contributed by atoms with E-state index in [0.717, 1.165) is 12.0 Å². The zero-order valence-electron chi connectivity index (χ0n) is 16.7. The van der Waals surface area contributed by atoms with Crippen LogP contribution >= 0.6 is 0 Å². The Hall–Kier alpha value is -2.34. The maximum atomic E-state index is 12.1. The minimum absolute atomic E-state index is 0.0336. The van der Waals surface area contributed by atoms with E-state index in [2.05, 4.69) is 5.32 Å². The van der Waals surface area contributed by atoms with Gasteiger partial charge in [-0.1, -0.05) is 6.07 Å². The van der Waals surface area contributed by atoms with Crippen LogP contribution in [0.25, 0.3) is 0 Å². The molecule has 30 heavy (non-hydrogen) atoms. The zero-order chi connectivity index (χ0) is 21.6. The van der Waals surface area contributed by atoms with E-state index in [0.29, 0.717) is 19.6 Å². The number of likely N-dealkylation sites (tertiary alicyclic amines) is 1. The van der Waals surface area contributed by atoms with Crippen LogP contribution in [0.1, 0.15) is 35.2 Å². The number of carbonyl (C=O) groups excluding carboxylic acids is 1. The highest BCUT2D eigenvalue weighted by Crippen LogP contribution is 2.60. The molecule has 4 rings (SSSR count). The molecular weight excluding hydrogens is 393 g/mol. The van der Waals surface area contributed by atoms with Crippen LogP contribution in [0.3, 0.4) is 0 Å². The first-order valence-corrected chi connectivity index (χ1v) is 10.0. The Kier molecular flexibility index (Phi) is 5.39. The van der Waals surface area contributed by atoms with E-state index in [9.17, 15) is 19.7 Å². The average Bonchev–Trinajstić information content (AvgIpc) is 3.45. The summed E-state index contributed by atoms with van der Waals surface area (Å²) in [6.07, 6.45) is 0.536. The number of aromatic carboxylic acids is 1. The molecule has 3 atom stereocenters. The van der Waals surface area contributed by atoms with Gasteiger partial charge in [0.25, 0.3) is 0 Å². The molecule has 0 bridgehead atoms. The lowest BCUT2D eigenvalue weighted by atomic mass is 9.77. The Bertz CT molecular complexity index is 859. The molecule has 162 valence electrons. The predicted molar refractivity (Wildman–Crippen MR) is 107 cm³/mol. The molecule has 3 aliphatic rings. The van der Waals surface area contributed by atoms with E-state index < -0.39 is 18.6 Å². The second-order valence-corrected chi connectivity index (χ2v) is 8.51. The number of ether oxygens (including phenoxy) is 1. The molecule has 11 heteroatoms. The van der Waals surface area contributed by atoms with Crippen molar-refractivity contribution in [2.75, 3.05) is 32.8 Å². The third-order valence-corrected chi connectivity index (χ3v) is 5.89. The van der Waals surface area contributed by atoms with Gasteiger partial charge in [0, 0.05) is 32.0 Å². The second-order valence-electron chi connectivity index (χ2n) is 8.51. The van der Waals surface area contributed by atoms with Crippen molar-refractivity contribution in [3.05, 3.63) is 23.3 Å². The van der Waals surface area contributed by atoms with Gasteiger partial charge >= 0.3 is 13.1 Å². The van der Waals surface area contributed by atoms with Crippen LogP contribution in [0.15, 0.2) is 12.1 Å². The van der Waals surface area contributed by atoms with Crippen molar-refractivity contribution >= 4 is 19.0 Å². The smallest absolute Gasteiger partial charge is 0.526 e. The number of nitrogens with two attached hydrogens (primary N) is 1. The summed E-state index contributed by atoms with van der Waals surface area (Å²) in [4.78, 5) is 25.9. The number of fused-ring (bicyclic) bond motifs is 3. The summed E-state index contributed by atoms with van der Waals surface area (Å²) >= 11 is 0. The Morgan fingerprint density at radius 1 is 1.43 bits per heavy atom. The highest BCUT2D eigenvalue weighted by molar-refractivity contribution is 6.48. The van der Waals surface area contributed by atoms with Crippen molar-refractivity contribution in [3.8, 4) is 11.5 Å². The number of benzene rings is 1. The van der Waals surface area contributed by atoms with Crippen molar-refractivity contribution in [1.82, 2.24) is 10.2 Å². The minimum Gasteiger partial charge on any atom is -0.535 e. The Morgan fingerprint density at radius 2 is 2.17 bits per heavy atom. The monoisotopic (exact) mass is 419 g/mol. The van der Waals surface area contributed by atoms with Crippen LogP contribution in [0.5, 0.6) is 11.5 Å². The van der Waals surface area contributed by atoms with Gasteiger partial charge < -0.3 is 35.7 Å². The summed E-state index contributed by atoms with van der Waals surface area (Å²) in [5.41, 5.74) is 5.70. The summed E-state index contributed by atoms with van der Waals surface area (Å²) in [7, 11) is -0.991. The van der Waals surface area contributed by atoms with Gasteiger partial charge in [0.1, 0.15) is 28.7 Å². The topological polar surface area (TPSA) is 155 Å². The van der Waals surface area contributed by atoms with Crippen LogP contribution in [0.2, 0.25) is 5.82 Å². The number of carbonyl (C=O) groups is 2. The van der Waals surface area contributed by atoms with Gasteiger partial charge in [-0.15, -0.1) is 0 Å². The van der Waals surface area contributed by atoms with Gasteiger partial charge in [0.05, 0.1) is 6.61 Å². The summed E-state index contributed by atoms with van der Waals surface area (Å²) in [6.45, 7) is 2.89. The summed E-state index contributed by atoms with van der Waals surface area (Å²) < 4.78 is 11.4. The Labute approximate surface area is 174 Å². The zero-order valence-corrected chi connectivity index (χ0v) is 16.7. The Morgan fingerprint density at radius 3 is 2.83 bits per heavy atom. The highest BCUT2D eigenvalue weighted by atomic mass is 16.5. The summed E-state index contributed by atoms with van der Waals surface area (Å²) in [6, 6.07) is 3.46. The lowest BCUT2D eigenvalue weighted by Crippen LogP contribution is -2.64. The van der Waals surface area contributed by atoms with Gasteiger partial charge in [-0.2, -0.15) is 0 Å². The van der Waals surface area contributed by atoms with Crippen LogP contribution in [0, 0.1) is 0 Å². The van der Waals surface area contributed by atoms with E-state index in [4.69, 9.17) is 20.2 Å². The van der Waals surface area contributed by atoms with Crippen molar-refractivity contribution in [3.63, 3.8) is 0 Å². The molecule has 0 unspecified atom stereocenters. The Balaban J connectivity index is 1.39. The molecule has 2 fully saturated rings. The summed E-state index contributed by atoms with van der Waals surface area (Å²) in [5, 5.41) is 31.1. The van der Waals surface area contributed by atoms with Gasteiger partial charge in [-0.25, -0.2) is 4.79 Å². The number of hydrogen-bond donors (Lipinski definition) is 5. The molecule has 1 aromatic rings. The van der Waals surface area contributed by atoms with Crippen LogP contribution in [-0.4, -0.2) is 83.6 Å². The van der Waals surface area contributed by atoms with E-state index in [1.54, 1.807) is 13.0 Å². The van der Waals surface area contributed by atoms with E-state index in [1.807, 2.05) is 11.0 Å². The fraction of sp³-hybridized carbons (Fsp3) is 0.579. The molecule has 0 spiro atoms. The van der Waals surface area contributed by atoms with E-state index >= 15 is 0 Å². The fourth-order valence-corrected chi connectivity index (χ4v) is 4.21. The highest BCUT2D eigenvalue weighted by Gasteiger charge is 2.54. The van der Waals surface area contributed by atoms with Crippen molar-refractivity contribution < 1.29 is 34.2 Å². The second kappa shape index (κ2) is 7.73. The molecule has 0 aromatic heterocycles. The van der Waals surface area contributed by atoms with Crippen molar-refractivity contribution in [2.45, 2.75) is 36.7 Å². The fourth-order valence-electron chi connectivity index (χ4n) is 4.21. The third-order valence-electron chi connectivity index (χ3n) is 5.89. The minimum atomic E-state index is -1.17. The number of aliphatic hydroxyl groups excluding tert-OH is 1. The average molecular weight is 419 g/mol. The quantitative estimate of drug-likeness (QED) is 0.334. The molecule has 1 aromatic carbocycles. The van der Waals surface area contributed by atoms with Crippen molar-refractivity contribution in [2.24, 2.45) is 5.73 Å². The molecular formula is C19H26BN3O7. The number of carboxylic acid groups (broad SMARTS) is 1. The van der Waals surface area contributed by atoms with E-state index in [-0.39, 0.29) is 54.0 Å². The first-order valence-electron chi connectivity index (χ1n) is 10.0. The van der Waals surface area contributed by atoms with Crippen LogP contribution in [0.4, 0.5) is 0 Å². The van der Waals surface area contributed by atoms with Crippen LogP contribution in [-0.2, 0) is 4.79 Å². The van der Waals surface area contributed by atoms with Crippen molar-refractivity contribution in [1.29, 1.82) is 0 Å². The molecule has 1 amide bonds. The lowest BCUT2D eigenvalue weighted by molar-refractivity contribution is -0.127. The first-order chi connectivity index (χ1) is 14.2. The predicted octanol–water partition coefficient (Wildman–Crippen LogP) is -0.996. The molecule has 6 N–H and O–H groups in total. The molecule has 10 nitrogen and oxygen atoms in total. The molecule has 1 saturated carbocycles. The summed E-state index contributed by atoms with van der Waals surface area (Å²) in [5.74, 6) is -0.955. The van der Waals surface area contributed by atoms with Gasteiger partial charge in [-0.05, 0) is 30.9 Å². The molecule has 0 radical (unpaired) electrons. The number of nitrogens with zero attached hydrogens (tertiary/aromatic N) is 1. The van der Waals surface area contributed by atoms with Gasteiger partial charge in [-0.3, -0.25) is 9.69 Å². The SMILES string of the molecule is C[C@@](N)(CN1CC(Oc2ccc3c(c2C(=O)O)OB(O)[C@@H]2C[C@H]32)C1)C(=O)NCCO. The van der Waals surface area contributed by atoms with Crippen LogP contribution < -0.4 is 20.4 Å². The largest absolute Gasteiger partial charge is 0.535 e. The molecule has 2 heterocycles. The number of carboxylic acids is 1.